The van der Waals surface area contributed by atoms with Crippen LogP contribution in [0.3, 0.4) is 0 Å². The molecule has 0 saturated carbocycles. The van der Waals surface area contributed by atoms with E-state index < -0.39 is 7.57 Å². The molecule has 3 N–H and O–H groups in total. The Balaban J connectivity index is 4.40. The SMILES string of the molecule is C=C(O)[C@@H](C)C(=C)[C@H](C)[C@@H](C)COP(=C)(O)O. The average molecular weight is 262 g/mol. The molecule has 0 aromatic heterocycles. The summed E-state index contributed by atoms with van der Waals surface area (Å²) in [5.41, 5.74) is 0.845. The zero-order valence-electron chi connectivity index (χ0n) is 10.8. The van der Waals surface area contributed by atoms with E-state index >= 15 is 0 Å². The summed E-state index contributed by atoms with van der Waals surface area (Å²) in [6.07, 6.45) is 3.13. The van der Waals surface area contributed by atoms with Gasteiger partial charge in [0.2, 0.25) is 7.57 Å². The largest absolute Gasteiger partial charge is 0.512 e. The molecule has 17 heavy (non-hydrogen) atoms. The van der Waals surface area contributed by atoms with Gasteiger partial charge in [-0.25, -0.2) is 0 Å². The lowest BCUT2D eigenvalue weighted by Crippen LogP contribution is -2.19. The molecular formula is C12H23O4P. The van der Waals surface area contributed by atoms with Crippen LogP contribution in [0.2, 0.25) is 0 Å². The monoisotopic (exact) mass is 262 g/mol. The first-order valence-electron chi connectivity index (χ1n) is 5.46. The summed E-state index contributed by atoms with van der Waals surface area (Å²) in [5.74, 6) is 0.0125. The van der Waals surface area contributed by atoms with E-state index in [0.717, 1.165) is 5.57 Å². The van der Waals surface area contributed by atoms with Crippen LogP contribution in [0, 0.1) is 17.8 Å². The minimum absolute atomic E-state index is 0.0460. The van der Waals surface area contributed by atoms with Crippen molar-refractivity contribution in [3.05, 3.63) is 24.5 Å². The Morgan fingerprint density at radius 3 is 2.06 bits per heavy atom. The van der Waals surface area contributed by atoms with Gasteiger partial charge in [-0.2, -0.15) is 0 Å². The van der Waals surface area contributed by atoms with Gasteiger partial charge in [-0.15, -0.1) is 0 Å². The fourth-order valence-electron chi connectivity index (χ4n) is 1.36. The van der Waals surface area contributed by atoms with E-state index in [4.69, 9.17) is 14.3 Å². The molecule has 0 spiro atoms. The van der Waals surface area contributed by atoms with Crippen molar-refractivity contribution in [2.45, 2.75) is 20.8 Å². The van der Waals surface area contributed by atoms with Crippen LogP contribution < -0.4 is 0 Å². The summed E-state index contributed by atoms with van der Waals surface area (Å²) >= 11 is 0. The second-order valence-corrected chi connectivity index (χ2v) is 6.10. The molecule has 0 heterocycles. The van der Waals surface area contributed by atoms with Crippen molar-refractivity contribution >= 4 is 13.9 Å². The molecule has 5 heteroatoms. The first kappa shape index (κ1) is 16.5. The Bertz CT molecular complexity index is 331. The van der Waals surface area contributed by atoms with Crippen molar-refractivity contribution in [1.82, 2.24) is 0 Å². The smallest absolute Gasteiger partial charge is 0.245 e. The number of allylic oxidation sites excluding steroid dienone is 1. The molecule has 0 aliphatic carbocycles. The number of rotatable bonds is 7. The number of hydrogen-bond acceptors (Lipinski definition) is 4. The van der Waals surface area contributed by atoms with Crippen molar-refractivity contribution in [3.8, 4) is 0 Å². The fourth-order valence-corrected chi connectivity index (χ4v) is 1.83. The predicted octanol–water partition coefficient (Wildman–Crippen LogP) is 2.72. The highest BCUT2D eigenvalue weighted by molar-refractivity contribution is 7.57. The maximum Gasteiger partial charge on any atom is 0.245 e. The van der Waals surface area contributed by atoms with Crippen molar-refractivity contribution in [2.75, 3.05) is 6.61 Å². The van der Waals surface area contributed by atoms with E-state index in [1.165, 1.54) is 0 Å². The maximum absolute atomic E-state index is 9.31. The van der Waals surface area contributed by atoms with Crippen LogP contribution in [0.25, 0.3) is 0 Å². The van der Waals surface area contributed by atoms with E-state index in [1.807, 2.05) is 20.8 Å². The van der Waals surface area contributed by atoms with Crippen molar-refractivity contribution in [2.24, 2.45) is 17.8 Å². The summed E-state index contributed by atoms with van der Waals surface area (Å²) in [6, 6.07) is 0. The maximum atomic E-state index is 9.31. The van der Waals surface area contributed by atoms with Crippen LogP contribution in [-0.2, 0) is 4.52 Å². The van der Waals surface area contributed by atoms with Gasteiger partial charge in [-0.3, -0.25) is 0 Å². The zero-order valence-corrected chi connectivity index (χ0v) is 11.7. The van der Waals surface area contributed by atoms with Crippen LogP contribution in [0.15, 0.2) is 24.5 Å². The molecule has 0 aliphatic heterocycles. The third-order valence-electron chi connectivity index (χ3n) is 3.04. The lowest BCUT2D eigenvalue weighted by Gasteiger charge is -2.26. The molecule has 0 amide bonds. The molecule has 3 atom stereocenters. The molecule has 100 valence electrons. The molecule has 0 unspecified atom stereocenters. The molecule has 0 rings (SSSR count). The van der Waals surface area contributed by atoms with Gasteiger partial charge >= 0.3 is 0 Å². The Hall–Kier alpha value is -0.540. The normalized spacial score (nSPS) is 17.2. The van der Waals surface area contributed by atoms with E-state index in [2.05, 4.69) is 19.5 Å². The average Bonchev–Trinajstić information content (AvgIpc) is 2.21. The summed E-state index contributed by atoms with van der Waals surface area (Å²) in [5, 5.41) is 9.31. The molecule has 0 radical (unpaired) electrons. The van der Waals surface area contributed by atoms with Crippen molar-refractivity contribution in [3.63, 3.8) is 0 Å². The van der Waals surface area contributed by atoms with Crippen LogP contribution >= 0.6 is 7.57 Å². The fraction of sp³-hybridized carbons (Fsp3) is 0.583. The standard InChI is InChI=1S/C12H23O4P/c1-8(7-16-17(6,14)15)9(2)10(3)11(4)12(5)13/h8-9,11,13-15H,3,5-7H2,1-2,4H3/t8-,9+,11-/m0/s1. The molecule has 0 bridgehead atoms. The molecule has 0 aromatic carbocycles. The summed E-state index contributed by atoms with van der Waals surface area (Å²) < 4.78 is 4.89. The number of hydrogen-bond donors (Lipinski definition) is 3. The topological polar surface area (TPSA) is 69.9 Å². The molecular weight excluding hydrogens is 239 g/mol. The van der Waals surface area contributed by atoms with Crippen molar-refractivity contribution < 1.29 is 19.4 Å². The van der Waals surface area contributed by atoms with Crippen LogP contribution in [0.5, 0.6) is 0 Å². The molecule has 0 fully saturated rings. The Morgan fingerprint density at radius 2 is 1.71 bits per heavy atom. The van der Waals surface area contributed by atoms with Gasteiger partial charge in [-0.05, 0) is 18.1 Å². The van der Waals surface area contributed by atoms with Gasteiger partial charge in [0.1, 0.15) is 0 Å². The van der Waals surface area contributed by atoms with Gasteiger partial charge in [0.25, 0.3) is 0 Å². The van der Waals surface area contributed by atoms with Gasteiger partial charge in [0.15, 0.2) is 0 Å². The first-order valence-corrected chi connectivity index (χ1v) is 7.26. The van der Waals surface area contributed by atoms with Crippen molar-refractivity contribution in [1.29, 1.82) is 0 Å². The highest BCUT2D eigenvalue weighted by atomic mass is 31.2. The molecule has 0 saturated heterocycles. The van der Waals surface area contributed by atoms with Crippen LogP contribution in [0.4, 0.5) is 0 Å². The number of aliphatic hydroxyl groups is 1. The second kappa shape index (κ2) is 6.41. The third kappa shape index (κ3) is 6.08. The van der Waals surface area contributed by atoms with Gasteiger partial charge in [0.05, 0.1) is 12.4 Å². The first-order chi connectivity index (χ1) is 7.56. The van der Waals surface area contributed by atoms with E-state index in [0.29, 0.717) is 0 Å². The highest BCUT2D eigenvalue weighted by Gasteiger charge is 2.22. The summed E-state index contributed by atoms with van der Waals surface area (Å²) in [4.78, 5) is 18.1. The lowest BCUT2D eigenvalue weighted by atomic mass is 9.83. The third-order valence-corrected chi connectivity index (χ3v) is 3.60. The minimum atomic E-state index is -3.43. The Morgan fingerprint density at radius 1 is 1.24 bits per heavy atom. The van der Waals surface area contributed by atoms with E-state index in [1.54, 1.807) is 0 Å². The Labute approximate surface area is 103 Å². The van der Waals surface area contributed by atoms with E-state index in [9.17, 15) is 5.11 Å². The molecule has 0 aliphatic rings. The van der Waals surface area contributed by atoms with Gasteiger partial charge < -0.3 is 19.4 Å². The zero-order chi connectivity index (χ0) is 13.8. The number of aliphatic hydroxyl groups excluding tert-OH is 1. The predicted molar refractivity (Wildman–Crippen MR) is 72.8 cm³/mol. The van der Waals surface area contributed by atoms with E-state index in [-0.39, 0.29) is 30.1 Å². The minimum Gasteiger partial charge on any atom is -0.512 e. The summed E-state index contributed by atoms with van der Waals surface area (Å²) in [6.45, 7) is 13.3. The van der Waals surface area contributed by atoms with Gasteiger partial charge in [-0.1, -0.05) is 39.5 Å². The van der Waals surface area contributed by atoms with Crippen LogP contribution in [0.1, 0.15) is 20.8 Å². The van der Waals surface area contributed by atoms with Gasteiger partial charge in [0, 0.05) is 5.92 Å². The molecule has 0 aromatic rings. The highest BCUT2D eigenvalue weighted by Crippen LogP contribution is 2.37. The second-order valence-electron chi connectivity index (χ2n) is 4.51. The quantitative estimate of drug-likeness (QED) is 0.375. The van der Waals surface area contributed by atoms with Crippen LogP contribution in [-0.4, -0.2) is 27.8 Å². The lowest BCUT2D eigenvalue weighted by molar-refractivity contribution is 0.190. The Kier molecular flexibility index (Phi) is 6.20. The molecule has 4 nitrogen and oxygen atoms in total. The summed E-state index contributed by atoms with van der Waals surface area (Å²) in [7, 11) is -3.43.